The second-order valence-electron chi connectivity index (χ2n) is 2.98. The number of hydrogen-bond acceptors (Lipinski definition) is 3. The van der Waals surface area contributed by atoms with Gasteiger partial charge in [0.15, 0.2) is 18.0 Å². The Balaban J connectivity index is 0.00000196. The van der Waals surface area contributed by atoms with E-state index in [0.29, 0.717) is 5.71 Å². The molecule has 0 fully saturated rings. The zero-order valence-electron chi connectivity index (χ0n) is 8.44. The van der Waals surface area contributed by atoms with Gasteiger partial charge in [-0.2, -0.15) is 5.10 Å². The van der Waals surface area contributed by atoms with E-state index in [1.165, 1.54) is 0 Å². The number of amides is 2. The number of nitrogens with one attached hydrogen (secondary N) is 1. The summed E-state index contributed by atoms with van der Waals surface area (Å²) in [6, 6.07) is -0.755. The lowest BCUT2D eigenvalue weighted by molar-refractivity contribution is -0.426. The Morgan fingerprint density at radius 3 is 2.87 bits per heavy atom. The molecule has 1 aliphatic heterocycles. The van der Waals surface area contributed by atoms with Gasteiger partial charge in [0.05, 0.1) is 0 Å². The van der Waals surface area contributed by atoms with Crippen molar-refractivity contribution in [2.45, 2.75) is 13.0 Å². The predicted molar refractivity (Wildman–Crippen MR) is 52.2 cm³/mol. The maximum absolute atomic E-state index is 10.4. The van der Waals surface area contributed by atoms with E-state index in [-0.39, 0.29) is 12.4 Å². The SMILES string of the molecule is CC1=[N+](C)C=CC(=NNC(N)=O)C1O.[Cl-]. The van der Waals surface area contributed by atoms with Crippen molar-refractivity contribution in [3.05, 3.63) is 12.3 Å². The number of rotatable bonds is 1. The molecule has 0 radical (unpaired) electrons. The number of hydrogen-bond donors (Lipinski definition) is 3. The van der Waals surface area contributed by atoms with Crippen LogP contribution in [0.2, 0.25) is 0 Å². The highest BCUT2D eigenvalue weighted by Crippen LogP contribution is 2.00. The van der Waals surface area contributed by atoms with Crippen LogP contribution in [0.15, 0.2) is 17.4 Å². The highest BCUT2D eigenvalue weighted by Gasteiger charge is 2.24. The summed E-state index contributed by atoms with van der Waals surface area (Å²) in [6.45, 7) is 1.77. The molecule has 6 nitrogen and oxygen atoms in total. The number of urea groups is 1. The quantitative estimate of drug-likeness (QED) is 0.318. The molecule has 1 aliphatic rings. The molecule has 1 heterocycles. The summed E-state index contributed by atoms with van der Waals surface area (Å²) in [7, 11) is 1.81. The Labute approximate surface area is 93.6 Å². The first-order chi connectivity index (χ1) is 6.52. The van der Waals surface area contributed by atoms with E-state index in [1.54, 1.807) is 23.8 Å². The maximum Gasteiger partial charge on any atom is 0.332 e. The molecular formula is C8H13ClN4O2. The lowest BCUT2D eigenvalue weighted by Gasteiger charge is -2.11. The van der Waals surface area contributed by atoms with Crippen molar-refractivity contribution in [1.29, 1.82) is 0 Å². The average Bonchev–Trinajstić information content (AvgIpc) is 2.13. The first kappa shape index (κ1) is 13.6. The summed E-state index contributed by atoms with van der Waals surface area (Å²) in [4.78, 5) is 10.4. The first-order valence-electron chi connectivity index (χ1n) is 4.08. The van der Waals surface area contributed by atoms with Crippen molar-refractivity contribution in [1.82, 2.24) is 5.43 Å². The molecule has 1 atom stereocenters. The zero-order valence-corrected chi connectivity index (χ0v) is 9.19. The van der Waals surface area contributed by atoms with Gasteiger partial charge in [-0.25, -0.2) is 14.8 Å². The molecule has 0 saturated heterocycles. The molecule has 7 heteroatoms. The standard InChI is InChI=1S/C8H12N4O2.ClH/c1-5-7(13)6(3-4-12(5)2)10-11-8(9)14;/h3-4,7,13H,1-2H3,(H2-,9,11,14);1H. The average molecular weight is 233 g/mol. The third kappa shape index (κ3) is 3.34. The van der Waals surface area contributed by atoms with Crippen LogP contribution in [0, 0.1) is 0 Å². The fourth-order valence-corrected chi connectivity index (χ4v) is 1.02. The number of nitrogens with two attached hydrogens (primary N) is 1. The van der Waals surface area contributed by atoms with Gasteiger partial charge in [0.2, 0.25) is 0 Å². The van der Waals surface area contributed by atoms with Gasteiger partial charge < -0.3 is 23.2 Å². The highest BCUT2D eigenvalue weighted by atomic mass is 35.5. The Kier molecular flexibility index (Phi) is 4.96. The summed E-state index contributed by atoms with van der Waals surface area (Å²) in [5, 5.41) is 13.3. The topological polar surface area (TPSA) is 90.7 Å². The van der Waals surface area contributed by atoms with E-state index < -0.39 is 12.1 Å². The Morgan fingerprint density at radius 1 is 1.73 bits per heavy atom. The molecule has 0 aromatic rings. The lowest BCUT2D eigenvalue weighted by Crippen LogP contribution is -3.00. The van der Waals surface area contributed by atoms with Gasteiger partial charge in [0, 0.05) is 13.0 Å². The van der Waals surface area contributed by atoms with Crippen molar-refractivity contribution in [3.63, 3.8) is 0 Å². The summed E-state index contributed by atoms with van der Waals surface area (Å²) in [5.41, 5.74) is 8.00. The zero-order chi connectivity index (χ0) is 10.7. The molecule has 1 unspecified atom stereocenters. The maximum atomic E-state index is 10.4. The van der Waals surface area contributed by atoms with Gasteiger partial charge in [0.1, 0.15) is 12.8 Å². The highest BCUT2D eigenvalue weighted by molar-refractivity contribution is 6.13. The normalized spacial score (nSPS) is 22.6. The van der Waals surface area contributed by atoms with Gasteiger partial charge in [-0.05, 0) is 0 Å². The molecule has 1 rings (SSSR count). The number of hydrazone groups is 1. The van der Waals surface area contributed by atoms with Gasteiger partial charge in [-0.1, -0.05) is 0 Å². The second-order valence-corrected chi connectivity index (χ2v) is 2.98. The monoisotopic (exact) mass is 232 g/mol. The van der Waals surface area contributed by atoms with Crippen LogP contribution in [-0.4, -0.2) is 40.3 Å². The smallest absolute Gasteiger partial charge is 0.332 e. The molecule has 84 valence electrons. The molecular weight excluding hydrogens is 220 g/mol. The third-order valence-electron chi connectivity index (χ3n) is 2.00. The number of primary amides is 1. The van der Waals surface area contributed by atoms with Crippen LogP contribution in [0.3, 0.4) is 0 Å². The number of aliphatic hydroxyl groups is 1. The Hall–Kier alpha value is -1.40. The van der Waals surface area contributed by atoms with Gasteiger partial charge in [-0.15, -0.1) is 0 Å². The minimum absolute atomic E-state index is 0. The number of nitrogens with zero attached hydrogens (tertiary/aromatic N) is 2. The predicted octanol–water partition coefficient (Wildman–Crippen LogP) is -3.99. The van der Waals surface area contributed by atoms with Crippen molar-refractivity contribution in [3.8, 4) is 0 Å². The van der Waals surface area contributed by atoms with Gasteiger partial charge in [0.25, 0.3) is 0 Å². The summed E-state index contributed by atoms with van der Waals surface area (Å²) in [5.74, 6) is 0. The van der Waals surface area contributed by atoms with Crippen molar-refractivity contribution in [2.24, 2.45) is 10.8 Å². The van der Waals surface area contributed by atoms with Crippen molar-refractivity contribution < 1.29 is 26.9 Å². The van der Waals surface area contributed by atoms with E-state index in [1.807, 2.05) is 7.05 Å². The minimum Gasteiger partial charge on any atom is -1.00 e. The molecule has 0 aromatic heterocycles. The van der Waals surface area contributed by atoms with Crippen LogP contribution in [0.5, 0.6) is 0 Å². The van der Waals surface area contributed by atoms with Crippen LogP contribution >= 0.6 is 0 Å². The van der Waals surface area contributed by atoms with Crippen LogP contribution in [0.1, 0.15) is 6.92 Å². The van der Waals surface area contributed by atoms with Crippen LogP contribution < -0.4 is 23.6 Å². The van der Waals surface area contributed by atoms with E-state index in [9.17, 15) is 9.90 Å². The van der Waals surface area contributed by atoms with Gasteiger partial charge in [-0.3, -0.25) is 0 Å². The second kappa shape index (κ2) is 5.47. The molecule has 0 spiro atoms. The molecule has 2 amide bonds. The van der Waals surface area contributed by atoms with E-state index in [0.717, 1.165) is 5.71 Å². The number of halogens is 1. The van der Waals surface area contributed by atoms with E-state index >= 15 is 0 Å². The fourth-order valence-electron chi connectivity index (χ4n) is 1.02. The van der Waals surface area contributed by atoms with E-state index in [4.69, 9.17) is 5.73 Å². The van der Waals surface area contributed by atoms with Gasteiger partial charge >= 0.3 is 6.03 Å². The number of aliphatic hydroxyl groups excluding tert-OH is 1. The lowest BCUT2D eigenvalue weighted by atomic mass is 10.1. The summed E-state index contributed by atoms with van der Waals surface area (Å²) in [6.07, 6.45) is 2.54. The molecule has 4 N–H and O–H groups in total. The van der Waals surface area contributed by atoms with Crippen LogP contribution in [0.4, 0.5) is 4.79 Å². The Bertz CT molecular complexity index is 349. The molecule has 0 saturated carbocycles. The third-order valence-corrected chi connectivity index (χ3v) is 2.00. The minimum atomic E-state index is -0.808. The first-order valence-corrected chi connectivity index (χ1v) is 4.08. The molecule has 0 aliphatic carbocycles. The largest absolute Gasteiger partial charge is 1.00 e. The molecule has 0 aromatic carbocycles. The van der Waals surface area contributed by atoms with Crippen LogP contribution in [-0.2, 0) is 0 Å². The molecule has 0 bridgehead atoms. The van der Waals surface area contributed by atoms with Crippen molar-refractivity contribution >= 4 is 17.5 Å². The fraction of sp³-hybridized carbons (Fsp3) is 0.375. The van der Waals surface area contributed by atoms with Crippen LogP contribution in [0.25, 0.3) is 0 Å². The summed E-state index contributed by atoms with van der Waals surface area (Å²) < 4.78 is 1.77. The number of carbonyl (C=O) groups is 1. The number of carbonyl (C=O) groups excluding carboxylic acids is 1. The van der Waals surface area contributed by atoms with E-state index in [2.05, 4.69) is 10.5 Å². The van der Waals surface area contributed by atoms with Crippen molar-refractivity contribution in [2.75, 3.05) is 7.05 Å². The molecule has 15 heavy (non-hydrogen) atoms. The Morgan fingerprint density at radius 2 is 2.33 bits per heavy atom. The summed E-state index contributed by atoms with van der Waals surface area (Å²) >= 11 is 0.